The van der Waals surface area contributed by atoms with Crippen molar-refractivity contribution in [3.05, 3.63) is 155 Å². The zero-order valence-corrected chi connectivity index (χ0v) is 24.9. The molecule has 1 aromatic heterocycles. The number of halogens is 4. The minimum Gasteiger partial charge on any atom is -0.488 e. The van der Waals surface area contributed by atoms with E-state index < -0.39 is 11.7 Å². The van der Waals surface area contributed by atoms with Gasteiger partial charge in [-0.1, -0.05) is 101 Å². The zero-order chi connectivity index (χ0) is 30.5. The molecule has 0 N–H and O–H groups in total. The average Bonchev–Trinajstić information content (AvgIpc) is 3.49. The Labute approximate surface area is 261 Å². The molecule has 0 unspecified atom stereocenters. The molecule has 0 saturated heterocycles. The number of benzene rings is 5. The number of hydrogen-bond donors (Lipinski definition) is 0. The molecular formula is C36H26BrF3N2O2. The quantitative estimate of drug-likeness (QED) is 0.156. The van der Waals surface area contributed by atoms with Gasteiger partial charge in [-0.2, -0.15) is 13.2 Å². The number of hydrogen-bond acceptors (Lipinski definition) is 3. The second kappa shape index (κ2) is 12.8. The van der Waals surface area contributed by atoms with Gasteiger partial charge < -0.3 is 9.47 Å². The molecule has 0 saturated carbocycles. The summed E-state index contributed by atoms with van der Waals surface area (Å²) in [6, 6.07) is 38.6. The highest BCUT2D eigenvalue weighted by Gasteiger charge is 2.33. The molecule has 6 rings (SSSR count). The van der Waals surface area contributed by atoms with Crippen LogP contribution in [0.1, 0.15) is 16.7 Å². The smallest absolute Gasteiger partial charge is 0.417 e. The highest BCUT2D eigenvalue weighted by molar-refractivity contribution is 9.10. The van der Waals surface area contributed by atoms with Gasteiger partial charge >= 0.3 is 6.18 Å². The Balaban J connectivity index is 1.46. The first-order chi connectivity index (χ1) is 21.4. The molecule has 0 spiro atoms. The first-order valence-corrected chi connectivity index (χ1v) is 14.6. The van der Waals surface area contributed by atoms with Crippen molar-refractivity contribution in [3.8, 4) is 39.8 Å². The fourth-order valence-electron chi connectivity index (χ4n) is 4.83. The molecule has 5 aromatic carbocycles. The standard InChI is InChI=1S/C36H26BrF3N2O2/c37-31-20-19-27(21-30(31)36(38,39)40)42-22-32(28-15-7-9-17-33(28)43-23-25-11-3-1-4-12-25)41-35(42)29-16-8-10-18-34(29)44-24-26-13-5-2-6-14-26/h1-22H,23-24H2. The number of rotatable bonds is 9. The number of ether oxygens (including phenoxy) is 2. The van der Waals surface area contributed by atoms with Crippen LogP contribution in [0.4, 0.5) is 13.2 Å². The van der Waals surface area contributed by atoms with Crippen molar-refractivity contribution in [2.45, 2.75) is 19.4 Å². The van der Waals surface area contributed by atoms with Crippen LogP contribution < -0.4 is 9.47 Å². The summed E-state index contributed by atoms with van der Waals surface area (Å²) in [6.07, 6.45) is -2.82. The molecule has 0 aliphatic carbocycles. The fourth-order valence-corrected chi connectivity index (χ4v) is 5.30. The van der Waals surface area contributed by atoms with E-state index in [1.165, 1.54) is 6.07 Å². The first-order valence-electron chi connectivity index (χ1n) is 13.9. The van der Waals surface area contributed by atoms with E-state index in [-0.39, 0.29) is 4.47 Å². The Morgan fingerprint density at radius 2 is 1.16 bits per heavy atom. The monoisotopic (exact) mass is 654 g/mol. The minimum atomic E-state index is -4.55. The van der Waals surface area contributed by atoms with Gasteiger partial charge in [0.2, 0.25) is 0 Å². The third-order valence-electron chi connectivity index (χ3n) is 7.00. The number of aromatic nitrogens is 2. The van der Waals surface area contributed by atoms with Crippen LogP contribution in [0.3, 0.4) is 0 Å². The van der Waals surface area contributed by atoms with Crippen LogP contribution in [0, 0.1) is 0 Å². The lowest BCUT2D eigenvalue weighted by atomic mass is 10.1. The topological polar surface area (TPSA) is 36.3 Å². The van der Waals surface area contributed by atoms with E-state index in [0.717, 1.165) is 17.2 Å². The summed E-state index contributed by atoms with van der Waals surface area (Å²) in [7, 11) is 0. The van der Waals surface area contributed by atoms with Crippen LogP contribution in [0.2, 0.25) is 0 Å². The molecule has 0 bridgehead atoms. The largest absolute Gasteiger partial charge is 0.488 e. The fraction of sp³-hybridized carbons (Fsp3) is 0.0833. The van der Waals surface area contributed by atoms with Crippen molar-refractivity contribution < 1.29 is 22.6 Å². The Morgan fingerprint density at radius 1 is 0.636 bits per heavy atom. The Hall–Kier alpha value is -4.82. The van der Waals surface area contributed by atoms with Crippen molar-refractivity contribution in [1.29, 1.82) is 0 Å². The van der Waals surface area contributed by atoms with E-state index >= 15 is 0 Å². The molecule has 0 aliphatic rings. The maximum atomic E-state index is 14.0. The summed E-state index contributed by atoms with van der Waals surface area (Å²) in [4.78, 5) is 4.98. The molecular weight excluding hydrogens is 629 g/mol. The van der Waals surface area contributed by atoms with Crippen molar-refractivity contribution in [3.63, 3.8) is 0 Å². The molecule has 0 radical (unpaired) electrons. The van der Waals surface area contributed by atoms with Crippen LogP contribution in [0.15, 0.2) is 138 Å². The molecule has 220 valence electrons. The zero-order valence-electron chi connectivity index (χ0n) is 23.3. The molecule has 44 heavy (non-hydrogen) atoms. The SMILES string of the molecule is FC(F)(F)c1cc(-n2cc(-c3ccccc3OCc3ccccc3)nc2-c2ccccc2OCc2ccccc2)ccc1Br. The van der Waals surface area contributed by atoms with E-state index in [2.05, 4.69) is 15.9 Å². The minimum absolute atomic E-state index is 0.0399. The van der Waals surface area contributed by atoms with Gasteiger partial charge in [0, 0.05) is 21.9 Å². The lowest BCUT2D eigenvalue weighted by Gasteiger charge is -2.15. The summed E-state index contributed by atoms with van der Waals surface area (Å²) in [5.74, 6) is 1.58. The molecule has 0 atom stereocenters. The van der Waals surface area contributed by atoms with Gasteiger partial charge in [0.25, 0.3) is 0 Å². The van der Waals surface area contributed by atoms with Crippen molar-refractivity contribution in [2.75, 3.05) is 0 Å². The molecule has 0 aliphatic heterocycles. The summed E-state index contributed by atoms with van der Waals surface area (Å²) in [5.41, 5.74) is 3.39. The van der Waals surface area contributed by atoms with E-state index in [4.69, 9.17) is 14.5 Å². The summed E-state index contributed by atoms with van der Waals surface area (Å²) < 4.78 is 55.9. The van der Waals surface area contributed by atoms with Crippen LogP contribution in [-0.4, -0.2) is 9.55 Å². The summed E-state index contributed by atoms with van der Waals surface area (Å²) >= 11 is 3.06. The molecule has 6 aromatic rings. The number of imidazole rings is 1. The van der Waals surface area contributed by atoms with E-state index in [1.54, 1.807) is 16.8 Å². The van der Waals surface area contributed by atoms with Crippen LogP contribution in [-0.2, 0) is 19.4 Å². The number of para-hydroxylation sites is 2. The van der Waals surface area contributed by atoms with E-state index in [1.807, 2.05) is 109 Å². The van der Waals surface area contributed by atoms with Gasteiger partial charge in [0.05, 0.1) is 16.8 Å². The molecule has 0 fully saturated rings. The maximum absolute atomic E-state index is 14.0. The van der Waals surface area contributed by atoms with Crippen molar-refractivity contribution >= 4 is 15.9 Å². The number of alkyl halides is 3. The number of nitrogens with zero attached hydrogens (tertiary/aromatic N) is 2. The molecule has 4 nitrogen and oxygen atoms in total. The predicted molar refractivity (Wildman–Crippen MR) is 169 cm³/mol. The van der Waals surface area contributed by atoms with Gasteiger partial charge in [0.1, 0.15) is 30.5 Å². The van der Waals surface area contributed by atoms with Gasteiger partial charge in [0.15, 0.2) is 0 Å². The molecule has 0 amide bonds. The lowest BCUT2D eigenvalue weighted by molar-refractivity contribution is -0.138. The Morgan fingerprint density at radius 3 is 1.75 bits per heavy atom. The van der Waals surface area contributed by atoms with E-state index in [0.29, 0.717) is 53.0 Å². The Kier molecular flexibility index (Phi) is 8.52. The predicted octanol–water partition coefficient (Wildman–Crippen LogP) is 10.1. The van der Waals surface area contributed by atoms with Crippen LogP contribution in [0.5, 0.6) is 11.5 Å². The normalized spacial score (nSPS) is 11.4. The third-order valence-corrected chi connectivity index (χ3v) is 7.70. The van der Waals surface area contributed by atoms with Gasteiger partial charge in [-0.15, -0.1) is 0 Å². The van der Waals surface area contributed by atoms with Gasteiger partial charge in [-0.05, 0) is 53.6 Å². The highest BCUT2D eigenvalue weighted by atomic mass is 79.9. The maximum Gasteiger partial charge on any atom is 0.417 e. The van der Waals surface area contributed by atoms with Crippen molar-refractivity contribution in [2.24, 2.45) is 0 Å². The molecule has 8 heteroatoms. The summed E-state index contributed by atoms with van der Waals surface area (Å²) in [6.45, 7) is 0.668. The lowest BCUT2D eigenvalue weighted by Crippen LogP contribution is -2.08. The average molecular weight is 656 g/mol. The second-order valence-electron chi connectivity index (χ2n) is 10.0. The van der Waals surface area contributed by atoms with Gasteiger partial charge in [-0.3, -0.25) is 4.57 Å². The molecule has 1 heterocycles. The highest BCUT2D eigenvalue weighted by Crippen LogP contribution is 2.40. The van der Waals surface area contributed by atoms with Crippen LogP contribution >= 0.6 is 15.9 Å². The second-order valence-corrected chi connectivity index (χ2v) is 10.9. The third kappa shape index (κ3) is 6.55. The summed E-state index contributed by atoms with van der Waals surface area (Å²) in [5, 5.41) is 0. The van der Waals surface area contributed by atoms with Crippen LogP contribution in [0.25, 0.3) is 28.3 Å². The van der Waals surface area contributed by atoms with Gasteiger partial charge in [-0.25, -0.2) is 4.98 Å². The Bertz CT molecular complexity index is 1870. The van der Waals surface area contributed by atoms with Crippen molar-refractivity contribution in [1.82, 2.24) is 9.55 Å². The first kappa shape index (κ1) is 29.3. The van der Waals surface area contributed by atoms with E-state index in [9.17, 15) is 13.2 Å².